The molecular weight excluding hydrogens is 248 g/mol. The molecule has 3 atom stereocenters. The number of carbonyl (C=O) groups is 2. The van der Waals surface area contributed by atoms with E-state index < -0.39 is 17.6 Å². The molecule has 2 aliphatic heterocycles. The van der Waals surface area contributed by atoms with Crippen molar-refractivity contribution in [2.75, 3.05) is 13.1 Å². The third-order valence-electron chi connectivity index (χ3n) is 3.99. The van der Waals surface area contributed by atoms with Crippen molar-refractivity contribution in [1.82, 2.24) is 10.6 Å². The SMILES string of the molecule is CC1(C(=O)NCC2CCC(C(=O)O)O2)CCCCN1. The molecule has 3 unspecified atom stereocenters. The van der Waals surface area contributed by atoms with Gasteiger partial charge in [0.1, 0.15) is 0 Å². The number of carboxylic acids is 1. The van der Waals surface area contributed by atoms with Gasteiger partial charge in [0.15, 0.2) is 6.10 Å². The summed E-state index contributed by atoms with van der Waals surface area (Å²) in [7, 11) is 0. The topological polar surface area (TPSA) is 87.7 Å². The predicted molar refractivity (Wildman–Crippen MR) is 68.8 cm³/mol. The van der Waals surface area contributed by atoms with Crippen LogP contribution in [-0.4, -0.2) is 47.8 Å². The Bertz CT molecular complexity index is 353. The normalized spacial score (nSPS) is 35.0. The van der Waals surface area contributed by atoms with Crippen molar-refractivity contribution in [2.24, 2.45) is 0 Å². The molecule has 6 heteroatoms. The summed E-state index contributed by atoms with van der Waals surface area (Å²) in [5.74, 6) is -0.940. The number of amides is 1. The second kappa shape index (κ2) is 5.88. The predicted octanol–water partition coefficient (Wildman–Crippen LogP) is 0.267. The van der Waals surface area contributed by atoms with E-state index in [2.05, 4.69) is 10.6 Å². The minimum atomic E-state index is -0.922. The summed E-state index contributed by atoms with van der Waals surface area (Å²) in [5, 5.41) is 15.0. The van der Waals surface area contributed by atoms with Crippen molar-refractivity contribution in [3.63, 3.8) is 0 Å². The maximum Gasteiger partial charge on any atom is 0.332 e. The smallest absolute Gasteiger partial charge is 0.332 e. The highest BCUT2D eigenvalue weighted by Gasteiger charge is 2.35. The Labute approximate surface area is 112 Å². The van der Waals surface area contributed by atoms with E-state index in [4.69, 9.17) is 9.84 Å². The molecule has 0 aromatic carbocycles. The summed E-state index contributed by atoms with van der Waals surface area (Å²) in [5.41, 5.74) is -0.497. The number of carbonyl (C=O) groups excluding carboxylic acids is 1. The van der Waals surface area contributed by atoms with Crippen LogP contribution in [0.1, 0.15) is 39.0 Å². The molecule has 108 valence electrons. The first-order valence-corrected chi connectivity index (χ1v) is 6.93. The highest BCUT2D eigenvalue weighted by atomic mass is 16.5. The van der Waals surface area contributed by atoms with Crippen LogP contribution >= 0.6 is 0 Å². The summed E-state index contributed by atoms with van der Waals surface area (Å²) in [4.78, 5) is 22.9. The van der Waals surface area contributed by atoms with Crippen LogP contribution in [-0.2, 0) is 14.3 Å². The largest absolute Gasteiger partial charge is 0.479 e. The van der Waals surface area contributed by atoms with Crippen molar-refractivity contribution in [3.05, 3.63) is 0 Å². The Kier molecular flexibility index (Phi) is 4.42. The zero-order valence-electron chi connectivity index (χ0n) is 11.3. The molecule has 0 bridgehead atoms. The third kappa shape index (κ3) is 3.45. The van der Waals surface area contributed by atoms with Gasteiger partial charge in [-0.1, -0.05) is 0 Å². The molecule has 0 radical (unpaired) electrons. The van der Waals surface area contributed by atoms with Crippen LogP contribution < -0.4 is 10.6 Å². The monoisotopic (exact) mass is 270 g/mol. The molecule has 2 rings (SSSR count). The van der Waals surface area contributed by atoms with Gasteiger partial charge in [0.25, 0.3) is 0 Å². The van der Waals surface area contributed by atoms with Crippen LogP contribution in [0.2, 0.25) is 0 Å². The van der Waals surface area contributed by atoms with Crippen molar-refractivity contribution in [3.8, 4) is 0 Å². The lowest BCUT2D eigenvalue weighted by Gasteiger charge is -2.33. The standard InChI is InChI=1S/C13H22N2O4/c1-13(6-2-3-7-15-13)12(18)14-8-9-4-5-10(19-9)11(16)17/h9-10,15H,2-8H2,1H3,(H,14,18)(H,16,17). The van der Waals surface area contributed by atoms with Crippen LogP contribution in [0.15, 0.2) is 0 Å². The van der Waals surface area contributed by atoms with Crippen molar-refractivity contribution in [1.29, 1.82) is 0 Å². The van der Waals surface area contributed by atoms with Crippen LogP contribution in [0, 0.1) is 0 Å². The molecule has 1 amide bonds. The molecule has 2 heterocycles. The fourth-order valence-corrected chi connectivity index (χ4v) is 2.69. The van der Waals surface area contributed by atoms with E-state index in [1.807, 2.05) is 6.92 Å². The zero-order valence-corrected chi connectivity index (χ0v) is 11.3. The van der Waals surface area contributed by atoms with E-state index in [9.17, 15) is 9.59 Å². The van der Waals surface area contributed by atoms with Gasteiger partial charge in [-0.15, -0.1) is 0 Å². The number of hydrogen-bond acceptors (Lipinski definition) is 4. The highest BCUT2D eigenvalue weighted by Crippen LogP contribution is 2.21. The number of ether oxygens (including phenoxy) is 1. The van der Waals surface area contributed by atoms with Crippen LogP contribution in [0.5, 0.6) is 0 Å². The molecule has 0 aliphatic carbocycles. The Morgan fingerprint density at radius 2 is 2.21 bits per heavy atom. The Balaban J connectivity index is 1.76. The first-order chi connectivity index (χ1) is 9.01. The minimum Gasteiger partial charge on any atom is -0.479 e. The van der Waals surface area contributed by atoms with Crippen molar-refractivity contribution in [2.45, 2.75) is 56.8 Å². The number of piperidine rings is 1. The molecule has 2 fully saturated rings. The quantitative estimate of drug-likeness (QED) is 0.682. The highest BCUT2D eigenvalue weighted by molar-refractivity contribution is 5.86. The summed E-state index contributed by atoms with van der Waals surface area (Å²) >= 11 is 0. The summed E-state index contributed by atoms with van der Waals surface area (Å²) in [6, 6.07) is 0. The first kappa shape index (κ1) is 14.3. The number of carboxylic acid groups (broad SMARTS) is 1. The molecule has 0 aromatic heterocycles. The van der Waals surface area contributed by atoms with Crippen LogP contribution in [0.25, 0.3) is 0 Å². The zero-order chi connectivity index (χ0) is 13.9. The van der Waals surface area contributed by atoms with Gasteiger partial charge in [0, 0.05) is 6.54 Å². The fraction of sp³-hybridized carbons (Fsp3) is 0.846. The van der Waals surface area contributed by atoms with Crippen molar-refractivity contribution < 1.29 is 19.4 Å². The van der Waals surface area contributed by atoms with E-state index in [0.29, 0.717) is 19.4 Å². The maximum atomic E-state index is 12.1. The second-order valence-corrected chi connectivity index (χ2v) is 5.59. The molecule has 3 N–H and O–H groups in total. The average molecular weight is 270 g/mol. The average Bonchev–Trinajstić information content (AvgIpc) is 2.85. The minimum absolute atomic E-state index is 0.0189. The van der Waals surface area contributed by atoms with Crippen LogP contribution in [0.4, 0.5) is 0 Å². The summed E-state index contributed by atoms with van der Waals surface area (Å²) in [6.45, 7) is 3.17. The van der Waals surface area contributed by atoms with Gasteiger partial charge in [0.2, 0.25) is 5.91 Å². The van der Waals surface area contributed by atoms with Gasteiger partial charge in [-0.2, -0.15) is 0 Å². The van der Waals surface area contributed by atoms with Gasteiger partial charge in [-0.05, 0) is 45.6 Å². The molecule has 0 aromatic rings. The lowest BCUT2D eigenvalue weighted by atomic mass is 9.90. The lowest BCUT2D eigenvalue weighted by Crippen LogP contribution is -2.57. The number of aliphatic carboxylic acids is 1. The van der Waals surface area contributed by atoms with Gasteiger partial charge in [-0.3, -0.25) is 4.79 Å². The number of hydrogen-bond donors (Lipinski definition) is 3. The van der Waals surface area contributed by atoms with E-state index in [1.54, 1.807) is 0 Å². The number of nitrogens with one attached hydrogen (secondary N) is 2. The van der Waals surface area contributed by atoms with Gasteiger partial charge in [-0.25, -0.2) is 4.79 Å². The molecule has 2 saturated heterocycles. The third-order valence-corrected chi connectivity index (χ3v) is 3.99. The summed E-state index contributed by atoms with van der Waals surface area (Å²) in [6.07, 6.45) is 3.30. The molecule has 2 aliphatic rings. The fourth-order valence-electron chi connectivity index (χ4n) is 2.69. The summed E-state index contributed by atoms with van der Waals surface area (Å²) < 4.78 is 5.36. The molecule has 0 saturated carbocycles. The Morgan fingerprint density at radius 3 is 2.79 bits per heavy atom. The first-order valence-electron chi connectivity index (χ1n) is 6.93. The Hall–Kier alpha value is -1.14. The molecule has 19 heavy (non-hydrogen) atoms. The second-order valence-electron chi connectivity index (χ2n) is 5.59. The van der Waals surface area contributed by atoms with Gasteiger partial charge in [0.05, 0.1) is 11.6 Å². The molecule has 6 nitrogen and oxygen atoms in total. The number of rotatable bonds is 4. The Morgan fingerprint density at radius 1 is 1.42 bits per heavy atom. The van der Waals surface area contributed by atoms with Crippen molar-refractivity contribution >= 4 is 11.9 Å². The van der Waals surface area contributed by atoms with Gasteiger partial charge < -0.3 is 20.5 Å². The van der Waals surface area contributed by atoms with E-state index >= 15 is 0 Å². The van der Waals surface area contributed by atoms with Gasteiger partial charge >= 0.3 is 5.97 Å². The molecular formula is C13H22N2O4. The molecule has 0 spiro atoms. The van der Waals surface area contributed by atoms with E-state index in [0.717, 1.165) is 25.8 Å². The van der Waals surface area contributed by atoms with E-state index in [1.165, 1.54) is 0 Å². The lowest BCUT2D eigenvalue weighted by molar-refractivity contribution is -0.149. The van der Waals surface area contributed by atoms with E-state index in [-0.39, 0.29) is 12.0 Å². The van der Waals surface area contributed by atoms with Crippen LogP contribution in [0.3, 0.4) is 0 Å². The maximum absolute atomic E-state index is 12.1.